The number of aliphatic hydroxyl groups excluding tert-OH is 7. The zero-order chi connectivity index (χ0) is 58.8. The van der Waals surface area contributed by atoms with E-state index in [-0.39, 0.29) is 43.7 Å². The van der Waals surface area contributed by atoms with Crippen molar-refractivity contribution in [1.29, 1.82) is 0 Å². The third-order valence-electron chi connectivity index (χ3n) is 15.3. The molecule has 5 rings (SSSR count). The maximum atomic E-state index is 14.7. The number of amides is 7. The molecule has 80 heavy (non-hydrogen) atoms. The topological polar surface area (TPSA) is 374 Å². The van der Waals surface area contributed by atoms with Gasteiger partial charge < -0.3 is 83.0 Å². The van der Waals surface area contributed by atoms with Crippen molar-refractivity contribution in [2.24, 2.45) is 17.6 Å². The number of thioether (sulfide) groups is 1. The number of fused-ring (bicyclic) bond motifs is 2. The number of phenolic OH excluding ortho intramolecular Hbond substituents is 1. The fraction of sp³-hybridized carbons (Fsp3) is 0.661. The number of hydrogen-bond donors (Lipinski definition) is 14. The highest BCUT2D eigenvalue weighted by molar-refractivity contribution is 8.00. The summed E-state index contributed by atoms with van der Waals surface area (Å²) in [5.41, 5.74) is 5.73. The molecule has 2 aromatic carbocycles. The molecule has 0 aliphatic carbocycles. The molecule has 3 aliphatic rings. The fourth-order valence-corrected chi connectivity index (χ4v) is 11.6. The van der Waals surface area contributed by atoms with Crippen molar-refractivity contribution in [1.82, 2.24) is 36.4 Å². The van der Waals surface area contributed by atoms with Crippen molar-refractivity contribution in [3.63, 3.8) is 0 Å². The van der Waals surface area contributed by atoms with E-state index in [1.807, 2.05) is 0 Å². The fourth-order valence-electron chi connectivity index (χ4n) is 10.6. The Morgan fingerprint density at radius 3 is 1.99 bits per heavy atom. The number of phenols is 1. The van der Waals surface area contributed by atoms with Gasteiger partial charge in [-0.25, -0.2) is 0 Å². The van der Waals surface area contributed by atoms with Gasteiger partial charge in [0.15, 0.2) is 0 Å². The Kier molecular flexibility index (Phi) is 25.9. The molecule has 23 nitrogen and oxygen atoms in total. The van der Waals surface area contributed by atoms with Crippen molar-refractivity contribution in [3.05, 3.63) is 60.2 Å². The third kappa shape index (κ3) is 18.5. The molecule has 16 atom stereocenters. The van der Waals surface area contributed by atoms with E-state index in [0.717, 1.165) is 60.1 Å². The first-order valence-corrected chi connectivity index (χ1v) is 29.0. The summed E-state index contributed by atoms with van der Waals surface area (Å²) in [5.74, 6) is -6.32. The number of carbonyl (C=O) groups is 7. The highest BCUT2D eigenvalue weighted by Gasteiger charge is 2.49. The molecular formula is C56H86N8O15S. The van der Waals surface area contributed by atoms with Crippen LogP contribution in [0.15, 0.2) is 59.5 Å². The van der Waals surface area contributed by atoms with Crippen molar-refractivity contribution >= 4 is 53.1 Å². The summed E-state index contributed by atoms with van der Waals surface area (Å²) in [6.45, 7) is 6.85. The molecule has 0 aromatic heterocycles. The number of benzene rings is 2. The lowest BCUT2D eigenvalue weighted by Gasteiger charge is -2.35. The molecule has 3 aliphatic heterocycles. The smallest absolute Gasteiger partial charge is 0.248 e. The lowest BCUT2D eigenvalue weighted by molar-refractivity contribution is -0.148. The Balaban J connectivity index is 1.52. The second kappa shape index (κ2) is 31.7. The van der Waals surface area contributed by atoms with Crippen LogP contribution >= 0.6 is 11.8 Å². The summed E-state index contributed by atoms with van der Waals surface area (Å²) >= 11 is 0.936. The van der Waals surface area contributed by atoms with Gasteiger partial charge in [0.1, 0.15) is 59.6 Å². The van der Waals surface area contributed by atoms with Gasteiger partial charge in [-0.3, -0.25) is 33.6 Å². The first-order chi connectivity index (χ1) is 38.0. The van der Waals surface area contributed by atoms with Crippen LogP contribution in [0.5, 0.6) is 5.75 Å². The number of aliphatic hydroxyl groups is 7. The summed E-state index contributed by atoms with van der Waals surface area (Å²) in [4.78, 5) is 104. The molecule has 0 spiro atoms. The van der Waals surface area contributed by atoms with Gasteiger partial charge in [-0.1, -0.05) is 108 Å². The molecule has 2 aromatic rings. The van der Waals surface area contributed by atoms with Gasteiger partial charge in [0.05, 0.1) is 30.5 Å². The summed E-state index contributed by atoms with van der Waals surface area (Å²) in [5, 5.41) is 101. The van der Waals surface area contributed by atoms with Crippen molar-refractivity contribution in [2.45, 2.75) is 207 Å². The van der Waals surface area contributed by atoms with E-state index in [1.54, 1.807) is 30.3 Å². The van der Waals surface area contributed by atoms with Crippen LogP contribution in [0, 0.1) is 11.8 Å². The summed E-state index contributed by atoms with van der Waals surface area (Å²) in [6.07, 6.45) is -5.32. The van der Waals surface area contributed by atoms with Gasteiger partial charge in [-0.2, -0.15) is 0 Å². The average molecular weight is 1140 g/mol. The SMILES string of the molecule is CCC(C)CC(C)CCCCCCCCC(=O)N[C@H]1C[C@@H](O)[C@@H](Sc2ccccc2)NC(=O)[C@@H]2[C@@H](O)CCN2C(=O)[C@H]([C@H](O)CCN)NC(=O)[C@H]([C@H](O)[C@@H](O)c2ccc(O)cc2)NC(=O)[C@@H]2C[C@@H](O)CN2C(=O)[C@H]([C@@H](C)O)NC1=O. The largest absolute Gasteiger partial charge is 0.508 e. The van der Waals surface area contributed by atoms with Gasteiger partial charge in [0, 0.05) is 37.2 Å². The van der Waals surface area contributed by atoms with E-state index in [2.05, 4.69) is 47.4 Å². The van der Waals surface area contributed by atoms with E-state index in [0.29, 0.717) is 29.6 Å². The maximum Gasteiger partial charge on any atom is 0.248 e. The molecule has 3 saturated heterocycles. The van der Waals surface area contributed by atoms with Gasteiger partial charge in [0.25, 0.3) is 0 Å². The molecule has 446 valence electrons. The molecule has 15 N–H and O–H groups in total. The van der Waals surface area contributed by atoms with Gasteiger partial charge in [0.2, 0.25) is 41.4 Å². The van der Waals surface area contributed by atoms with Crippen LogP contribution in [0.4, 0.5) is 0 Å². The highest BCUT2D eigenvalue weighted by Crippen LogP contribution is 2.30. The summed E-state index contributed by atoms with van der Waals surface area (Å²) < 4.78 is 0. The van der Waals surface area contributed by atoms with Crippen LogP contribution in [-0.2, 0) is 33.6 Å². The first kappa shape index (κ1) is 65.4. The standard InChI is InChI=1S/C56H86N8O15S/c1-5-31(2)27-32(3)15-11-8-6-7-9-14-18-43(71)58-38-29-42(70)54(80-37-16-12-10-13-17-37)62-53(77)47-41(69)24-26-63(47)56(79)45(40(68)23-25-57)60-52(76)46(49(73)48(72)34-19-21-35(66)22-20-34)61-51(75)39-28-36(67)30-64(39)55(78)44(33(4)65)59-50(38)74/h10,12-13,16-17,19-22,31-33,36,38-42,44-49,54,65-70,72-73H,5-9,11,14-15,18,23-30,57H2,1-4H3,(H,58,71)(H,59,74)(H,60,76)(H,61,75)(H,62,77)/t31?,32?,33-,36-,38+,39+,40-,41+,42-,44+,45+,46+,47+,48+,49+,54-/m1/s1. The van der Waals surface area contributed by atoms with E-state index in [9.17, 15) is 74.4 Å². The van der Waals surface area contributed by atoms with Crippen molar-refractivity contribution < 1.29 is 74.4 Å². The molecule has 0 saturated carbocycles. The molecule has 3 heterocycles. The molecule has 0 radical (unpaired) electrons. The van der Waals surface area contributed by atoms with Gasteiger partial charge in [-0.05, 0) is 80.8 Å². The number of unbranched alkanes of at least 4 members (excludes halogenated alkanes) is 5. The minimum absolute atomic E-state index is 0.0185. The Bertz CT molecular complexity index is 2340. The Morgan fingerprint density at radius 1 is 0.713 bits per heavy atom. The van der Waals surface area contributed by atoms with Crippen LogP contribution in [0.25, 0.3) is 0 Å². The summed E-state index contributed by atoms with van der Waals surface area (Å²) in [7, 11) is 0. The number of nitrogens with zero attached hydrogens (tertiary/aromatic N) is 2. The number of aromatic hydroxyl groups is 1. The van der Waals surface area contributed by atoms with E-state index < -0.39 is 145 Å². The highest BCUT2D eigenvalue weighted by atomic mass is 32.2. The van der Waals surface area contributed by atoms with Gasteiger partial charge in [-0.15, -0.1) is 0 Å². The maximum absolute atomic E-state index is 14.7. The minimum atomic E-state index is -2.28. The lowest BCUT2D eigenvalue weighted by atomic mass is 9.91. The number of hydrogen-bond acceptors (Lipinski definition) is 17. The summed E-state index contributed by atoms with van der Waals surface area (Å²) in [6, 6.07) is 2.11. The van der Waals surface area contributed by atoms with E-state index in [4.69, 9.17) is 5.73 Å². The van der Waals surface area contributed by atoms with Crippen LogP contribution in [0.1, 0.15) is 129 Å². The Hall–Kier alpha value is -5.44. The van der Waals surface area contributed by atoms with Crippen molar-refractivity contribution in [3.8, 4) is 5.75 Å². The average Bonchev–Trinajstić information content (AvgIpc) is 4.03. The van der Waals surface area contributed by atoms with Crippen LogP contribution in [-0.4, -0.2) is 190 Å². The van der Waals surface area contributed by atoms with E-state index >= 15 is 0 Å². The molecule has 24 heteroatoms. The van der Waals surface area contributed by atoms with Crippen LogP contribution in [0.2, 0.25) is 0 Å². The van der Waals surface area contributed by atoms with Gasteiger partial charge >= 0.3 is 0 Å². The normalized spacial score (nSPS) is 27.9. The molecule has 0 bridgehead atoms. The van der Waals surface area contributed by atoms with E-state index in [1.165, 1.54) is 37.6 Å². The number of carbonyl (C=O) groups excluding carboxylic acids is 7. The quantitative estimate of drug-likeness (QED) is 0.0687. The number of rotatable bonds is 22. The van der Waals surface area contributed by atoms with Crippen molar-refractivity contribution in [2.75, 3.05) is 19.6 Å². The predicted molar refractivity (Wildman–Crippen MR) is 295 cm³/mol. The lowest BCUT2D eigenvalue weighted by Crippen LogP contribution is -2.64. The molecule has 2 unspecified atom stereocenters. The molecule has 7 amide bonds. The second-order valence-corrected chi connectivity index (χ2v) is 23.1. The van der Waals surface area contributed by atoms with Crippen LogP contribution in [0.3, 0.4) is 0 Å². The Morgan fingerprint density at radius 2 is 1.34 bits per heavy atom. The third-order valence-corrected chi connectivity index (χ3v) is 16.6. The van der Waals surface area contributed by atoms with Crippen LogP contribution < -0.4 is 32.3 Å². The first-order valence-electron chi connectivity index (χ1n) is 28.1. The molecular weight excluding hydrogens is 1060 g/mol. The Labute approximate surface area is 472 Å². The number of nitrogens with two attached hydrogens (primary N) is 1. The number of nitrogens with one attached hydrogen (secondary N) is 5. The second-order valence-electron chi connectivity index (χ2n) is 21.9. The monoisotopic (exact) mass is 1140 g/mol. The zero-order valence-electron chi connectivity index (χ0n) is 46.3. The minimum Gasteiger partial charge on any atom is -0.508 e. The predicted octanol–water partition coefficient (Wildman–Crippen LogP) is -0.0679. The molecule has 3 fully saturated rings. The zero-order valence-corrected chi connectivity index (χ0v) is 47.1.